The summed E-state index contributed by atoms with van der Waals surface area (Å²) in [5.41, 5.74) is 0. The third-order valence-corrected chi connectivity index (χ3v) is 13.2. The van der Waals surface area contributed by atoms with Gasteiger partial charge in [0.25, 0.3) is 0 Å². The summed E-state index contributed by atoms with van der Waals surface area (Å²) in [6.07, 6.45) is 76.1. The van der Waals surface area contributed by atoms with E-state index in [2.05, 4.69) is 93.7 Å². The zero-order valence-corrected chi connectivity index (χ0v) is 47.0. The van der Waals surface area contributed by atoms with E-state index < -0.39 is 6.10 Å². The van der Waals surface area contributed by atoms with Crippen LogP contribution in [0.3, 0.4) is 0 Å². The molecular formula is C65H114O6. The fourth-order valence-corrected chi connectivity index (χ4v) is 8.64. The average Bonchev–Trinajstić information content (AvgIpc) is 3.37. The maximum atomic E-state index is 12.9. The van der Waals surface area contributed by atoms with Crippen molar-refractivity contribution in [1.82, 2.24) is 0 Å². The second-order valence-corrected chi connectivity index (χ2v) is 20.2. The van der Waals surface area contributed by atoms with E-state index in [1.54, 1.807) is 0 Å². The van der Waals surface area contributed by atoms with Gasteiger partial charge in [-0.25, -0.2) is 0 Å². The number of esters is 3. The highest BCUT2D eigenvalue weighted by atomic mass is 16.6. The molecule has 0 aliphatic heterocycles. The van der Waals surface area contributed by atoms with Crippen molar-refractivity contribution in [3.63, 3.8) is 0 Å². The van der Waals surface area contributed by atoms with E-state index >= 15 is 0 Å². The van der Waals surface area contributed by atoms with Crippen LogP contribution in [-0.4, -0.2) is 37.2 Å². The SMILES string of the molecule is CC/C=C\C/C=C\C/C=C\C/C=C\CCCCCCCCCCCCC(=O)OCC(COC(=O)CCCCCCCCCCCCCCCCC)OC(=O)CCCCCCC/C=C\C/C=C\CCCCC. The number of allylic oxidation sites excluding steroid dienone is 12. The van der Waals surface area contributed by atoms with Gasteiger partial charge in [0.2, 0.25) is 0 Å². The zero-order chi connectivity index (χ0) is 51.4. The van der Waals surface area contributed by atoms with E-state index in [1.165, 1.54) is 154 Å². The summed E-state index contributed by atoms with van der Waals surface area (Å²) in [4.78, 5) is 38.2. The molecule has 0 fully saturated rings. The smallest absolute Gasteiger partial charge is 0.306 e. The normalized spacial score (nSPS) is 12.5. The molecular weight excluding hydrogens is 877 g/mol. The first-order valence-corrected chi connectivity index (χ1v) is 30.4. The van der Waals surface area contributed by atoms with Gasteiger partial charge in [0.1, 0.15) is 13.2 Å². The van der Waals surface area contributed by atoms with Gasteiger partial charge in [-0.1, -0.05) is 267 Å². The fraction of sp³-hybridized carbons (Fsp3) is 0.769. The molecule has 0 heterocycles. The van der Waals surface area contributed by atoms with Crippen LogP contribution in [0.15, 0.2) is 72.9 Å². The lowest BCUT2D eigenvalue weighted by atomic mass is 10.0. The van der Waals surface area contributed by atoms with Crippen molar-refractivity contribution in [2.45, 2.75) is 309 Å². The Kier molecular flexibility index (Phi) is 56.8. The monoisotopic (exact) mass is 991 g/mol. The van der Waals surface area contributed by atoms with Crippen LogP contribution in [0.2, 0.25) is 0 Å². The maximum absolute atomic E-state index is 12.9. The summed E-state index contributed by atoms with van der Waals surface area (Å²) >= 11 is 0. The summed E-state index contributed by atoms with van der Waals surface area (Å²) in [5.74, 6) is -0.885. The van der Waals surface area contributed by atoms with Crippen molar-refractivity contribution >= 4 is 17.9 Å². The lowest BCUT2D eigenvalue weighted by Crippen LogP contribution is -2.30. The number of carbonyl (C=O) groups is 3. The van der Waals surface area contributed by atoms with E-state index in [0.717, 1.165) is 109 Å². The summed E-state index contributed by atoms with van der Waals surface area (Å²) in [6.45, 7) is 6.52. The van der Waals surface area contributed by atoms with Crippen LogP contribution in [0, 0.1) is 0 Å². The molecule has 6 nitrogen and oxygen atoms in total. The standard InChI is InChI=1S/C65H114O6/c1-4-7-10-13-16-19-22-25-28-29-30-31-32-33-34-35-38-40-43-46-49-52-55-58-64(67)70-61-62(71-65(68)59-56-53-50-47-44-41-37-27-24-21-18-15-12-9-6-3)60-69-63(66)57-54-51-48-45-42-39-36-26-23-20-17-14-11-8-5-2/h7,10,16,18-19,21,25,27-28,30-31,37,62H,4-6,8-9,11-15,17,20,22-24,26,29,32-36,38-61H2,1-3H3/b10-7-,19-16-,21-18-,28-25-,31-30-,37-27-. The van der Waals surface area contributed by atoms with Crippen molar-refractivity contribution in [3.05, 3.63) is 72.9 Å². The van der Waals surface area contributed by atoms with Crippen molar-refractivity contribution in [2.24, 2.45) is 0 Å². The highest BCUT2D eigenvalue weighted by molar-refractivity contribution is 5.71. The summed E-state index contributed by atoms with van der Waals surface area (Å²) in [6, 6.07) is 0. The molecule has 71 heavy (non-hydrogen) atoms. The van der Waals surface area contributed by atoms with Crippen molar-refractivity contribution in [2.75, 3.05) is 13.2 Å². The van der Waals surface area contributed by atoms with E-state index in [1.807, 2.05) is 0 Å². The zero-order valence-electron chi connectivity index (χ0n) is 47.0. The van der Waals surface area contributed by atoms with Gasteiger partial charge in [-0.2, -0.15) is 0 Å². The minimum absolute atomic E-state index is 0.0793. The Labute approximate surface area is 440 Å². The van der Waals surface area contributed by atoms with Crippen LogP contribution in [0.4, 0.5) is 0 Å². The molecule has 0 saturated heterocycles. The molecule has 0 saturated carbocycles. The van der Waals surface area contributed by atoms with Crippen LogP contribution < -0.4 is 0 Å². The third-order valence-electron chi connectivity index (χ3n) is 13.2. The molecule has 0 bridgehead atoms. The molecule has 0 aromatic carbocycles. The number of hydrogen-bond acceptors (Lipinski definition) is 6. The van der Waals surface area contributed by atoms with E-state index in [0.29, 0.717) is 19.3 Å². The van der Waals surface area contributed by atoms with Crippen molar-refractivity contribution in [3.8, 4) is 0 Å². The Morgan fingerprint density at radius 3 is 0.887 bits per heavy atom. The Morgan fingerprint density at radius 1 is 0.296 bits per heavy atom. The third kappa shape index (κ3) is 57.6. The second-order valence-electron chi connectivity index (χ2n) is 20.2. The second kappa shape index (κ2) is 59.4. The van der Waals surface area contributed by atoms with Crippen LogP contribution in [0.5, 0.6) is 0 Å². The van der Waals surface area contributed by atoms with Gasteiger partial charge in [-0.3, -0.25) is 14.4 Å². The molecule has 0 rings (SSSR count). The highest BCUT2D eigenvalue weighted by Crippen LogP contribution is 2.16. The molecule has 0 radical (unpaired) electrons. The molecule has 0 spiro atoms. The van der Waals surface area contributed by atoms with Gasteiger partial charge in [0, 0.05) is 19.3 Å². The van der Waals surface area contributed by atoms with Gasteiger partial charge in [-0.15, -0.1) is 0 Å². The van der Waals surface area contributed by atoms with Gasteiger partial charge < -0.3 is 14.2 Å². The first kappa shape index (κ1) is 67.8. The Balaban J connectivity index is 4.34. The number of unbranched alkanes of at least 4 members (excludes halogenated alkanes) is 32. The lowest BCUT2D eigenvalue weighted by Gasteiger charge is -2.18. The van der Waals surface area contributed by atoms with Crippen LogP contribution in [0.1, 0.15) is 303 Å². The largest absolute Gasteiger partial charge is 0.462 e. The summed E-state index contributed by atoms with van der Waals surface area (Å²) < 4.78 is 16.9. The van der Waals surface area contributed by atoms with Crippen molar-refractivity contribution in [1.29, 1.82) is 0 Å². The molecule has 0 aliphatic carbocycles. The maximum Gasteiger partial charge on any atom is 0.306 e. The Morgan fingerprint density at radius 2 is 0.549 bits per heavy atom. The molecule has 1 atom stereocenters. The minimum atomic E-state index is -0.783. The molecule has 0 aromatic rings. The molecule has 0 amide bonds. The van der Waals surface area contributed by atoms with Crippen molar-refractivity contribution < 1.29 is 28.6 Å². The first-order chi connectivity index (χ1) is 35.0. The predicted octanol–water partition coefficient (Wildman–Crippen LogP) is 20.5. The number of hydrogen-bond donors (Lipinski definition) is 0. The van der Waals surface area contributed by atoms with Gasteiger partial charge in [0.15, 0.2) is 6.10 Å². The predicted molar refractivity (Wildman–Crippen MR) is 307 cm³/mol. The molecule has 0 aliphatic rings. The van der Waals surface area contributed by atoms with Crippen LogP contribution >= 0.6 is 0 Å². The topological polar surface area (TPSA) is 78.9 Å². The average molecular weight is 992 g/mol. The molecule has 0 N–H and O–H groups in total. The number of ether oxygens (including phenoxy) is 3. The van der Waals surface area contributed by atoms with Gasteiger partial charge >= 0.3 is 17.9 Å². The Hall–Kier alpha value is -3.15. The number of carbonyl (C=O) groups excluding carboxylic acids is 3. The number of rotatable bonds is 55. The molecule has 1 unspecified atom stereocenters. The van der Waals surface area contributed by atoms with Gasteiger partial charge in [-0.05, 0) is 89.9 Å². The minimum Gasteiger partial charge on any atom is -0.462 e. The summed E-state index contributed by atoms with van der Waals surface area (Å²) in [7, 11) is 0. The van der Waals surface area contributed by atoms with E-state index in [9.17, 15) is 14.4 Å². The first-order valence-electron chi connectivity index (χ1n) is 30.4. The van der Waals surface area contributed by atoms with Crippen LogP contribution in [0.25, 0.3) is 0 Å². The quantitative estimate of drug-likeness (QED) is 0.0261. The fourth-order valence-electron chi connectivity index (χ4n) is 8.64. The summed E-state index contributed by atoms with van der Waals surface area (Å²) in [5, 5.41) is 0. The van der Waals surface area contributed by atoms with Gasteiger partial charge in [0.05, 0.1) is 0 Å². The van der Waals surface area contributed by atoms with E-state index in [-0.39, 0.29) is 31.1 Å². The molecule has 410 valence electrons. The molecule has 6 heteroatoms. The van der Waals surface area contributed by atoms with Crippen LogP contribution in [-0.2, 0) is 28.6 Å². The Bertz CT molecular complexity index is 1320. The molecule has 0 aromatic heterocycles. The highest BCUT2D eigenvalue weighted by Gasteiger charge is 2.19. The van der Waals surface area contributed by atoms with E-state index in [4.69, 9.17) is 14.2 Å². The lowest BCUT2D eigenvalue weighted by molar-refractivity contribution is -0.167.